The normalized spacial score (nSPS) is 15.0. The van der Waals surface area contributed by atoms with E-state index in [4.69, 9.17) is 5.11 Å². The summed E-state index contributed by atoms with van der Waals surface area (Å²) in [4.78, 5) is 0. The third-order valence-electron chi connectivity index (χ3n) is 3.45. The van der Waals surface area contributed by atoms with Crippen LogP contribution in [0.1, 0.15) is 25.7 Å². The highest BCUT2D eigenvalue weighted by Crippen LogP contribution is 2.57. The fourth-order valence-electron chi connectivity index (χ4n) is 1.78. The van der Waals surface area contributed by atoms with Crippen molar-refractivity contribution in [3.05, 3.63) is 12.7 Å². The number of aliphatic hydroxyl groups is 1. The minimum atomic E-state index is -7.19. The molecular formula is C14H16F12O2. The summed E-state index contributed by atoms with van der Waals surface area (Å²) in [5.41, 5.74) is 0. The van der Waals surface area contributed by atoms with Gasteiger partial charge in [0.15, 0.2) is 0 Å². The van der Waals surface area contributed by atoms with E-state index in [1.807, 2.05) is 0 Å². The summed E-state index contributed by atoms with van der Waals surface area (Å²) in [5.74, 6) is -32.3. The minimum absolute atomic E-state index is 0.581. The summed E-state index contributed by atoms with van der Waals surface area (Å²) < 4.78 is 163. The van der Waals surface area contributed by atoms with Gasteiger partial charge in [0.05, 0.1) is 13.0 Å². The van der Waals surface area contributed by atoms with E-state index in [9.17, 15) is 52.7 Å². The zero-order chi connectivity index (χ0) is 22.7. The zero-order valence-electron chi connectivity index (χ0n) is 13.9. The van der Waals surface area contributed by atoms with E-state index in [2.05, 4.69) is 11.3 Å². The van der Waals surface area contributed by atoms with Crippen LogP contribution in [0.25, 0.3) is 0 Å². The van der Waals surface area contributed by atoms with Gasteiger partial charge in [-0.2, -0.15) is 52.7 Å². The highest BCUT2D eigenvalue weighted by molar-refractivity contribution is 5.04. The largest absolute Gasteiger partial charge is 0.426 e. The Morgan fingerprint density at radius 3 is 1.68 bits per heavy atom. The Bertz CT molecular complexity index is 518. The molecular weight excluding hydrogens is 428 g/mol. The van der Waals surface area contributed by atoms with Gasteiger partial charge < -0.3 is 9.84 Å². The molecule has 0 bridgehead atoms. The summed E-state index contributed by atoms with van der Waals surface area (Å²) in [6.45, 7) is 0.514. The predicted octanol–water partition coefficient (Wildman–Crippen LogP) is 5.51. The topological polar surface area (TPSA) is 29.5 Å². The summed E-state index contributed by atoms with van der Waals surface area (Å²) >= 11 is 0. The molecule has 0 aromatic carbocycles. The number of ether oxygens (including phenoxy) is 1. The number of hydrogen-bond acceptors (Lipinski definition) is 2. The molecule has 0 spiro atoms. The predicted molar refractivity (Wildman–Crippen MR) is 71.4 cm³/mol. The van der Waals surface area contributed by atoms with Gasteiger partial charge in [-0.1, -0.05) is 6.08 Å². The van der Waals surface area contributed by atoms with Gasteiger partial charge in [0, 0.05) is 13.0 Å². The van der Waals surface area contributed by atoms with Gasteiger partial charge in [-0.05, 0) is 12.8 Å². The first-order valence-corrected chi connectivity index (χ1v) is 7.45. The number of aliphatic hydroxyl groups excluding tert-OH is 1. The highest BCUT2D eigenvalue weighted by Gasteiger charge is 2.83. The van der Waals surface area contributed by atoms with Crippen LogP contribution >= 0.6 is 0 Å². The van der Waals surface area contributed by atoms with Crippen molar-refractivity contribution in [1.82, 2.24) is 0 Å². The van der Waals surface area contributed by atoms with Crippen LogP contribution in [0, 0.1) is 0 Å². The standard InChI is InChI=1S/C14H16F12O2/c1-2-3-7-28-14(25,26)13(23,24)12(21,22)11(19,20)8-10(17,18)9(15,16)5-4-6-27/h2,27H,1,3-8H2. The molecule has 1 N–H and O–H groups in total. The SMILES string of the molecule is C=CCCOC(F)(F)C(F)(F)C(F)(F)C(F)(F)CC(F)(F)C(F)(F)CCCO. The third-order valence-corrected chi connectivity index (χ3v) is 3.45. The molecule has 0 unspecified atom stereocenters. The smallest absolute Gasteiger partial charge is 0.396 e. The molecule has 0 aliphatic heterocycles. The molecule has 0 fully saturated rings. The van der Waals surface area contributed by atoms with Crippen molar-refractivity contribution in [2.45, 2.75) is 61.4 Å². The van der Waals surface area contributed by atoms with Gasteiger partial charge in [0.2, 0.25) is 0 Å². The molecule has 14 heteroatoms. The molecule has 0 saturated carbocycles. The quantitative estimate of drug-likeness (QED) is 0.231. The van der Waals surface area contributed by atoms with Crippen molar-refractivity contribution in [1.29, 1.82) is 0 Å². The number of hydrogen-bond donors (Lipinski definition) is 1. The van der Waals surface area contributed by atoms with Crippen LogP contribution in [0.4, 0.5) is 52.7 Å². The Kier molecular flexibility index (Phi) is 8.31. The summed E-state index contributed by atoms with van der Waals surface area (Å²) in [6, 6.07) is 0. The second kappa shape index (κ2) is 8.67. The fourth-order valence-corrected chi connectivity index (χ4v) is 1.78. The number of alkyl halides is 12. The van der Waals surface area contributed by atoms with Crippen LogP contribution in [-0.4, -0.2) is 54.0 Å². The maximum atomic E-state index is 13.5. The molecule has 0 rings (SSSR count). The van der Waals surface area contributed by atoms with Crippen molar-refractivity contribution < 1.29 is 62.5 Å². The number of halogens is 12. The van der Waals surface area contributed by atoms with Crippen LogP contribution in [0.2, 0.25) is 0 Å². The number of rotatable bonds is 13. The molecule has 0 saturated heterocycles. The van der Waals surface area contributed by atoms with Gasteiger partial charge in [0.1, 0.15) is 0 Å². The van der Waals surface area contributed by atoms with Crippen LogP contribution in [0.15, 0.2) is 12.7 Å². The van der Waals surface area contributed by atoms with E-state index >= 15 is 0 Å². The van der Waals surface area contributed by atoms with Crippen LogP contribution < -0.4 is 0 Å². The summed E-state index contributed by atoms with van der Waals surface area (Å²) in [7, 11) is 0. The van der Waals surface area contributed by atoms with Gasteiger partial charge in [0.25, 0.3) is 0 Å². The maximum absolute atomic E-state index is 13.5. The van der Waals surface area contributed by atoms with Crippen molar-refractivity contribution in [2.24, 2.45) is 0 Å². The van der Waals surface area contributed by atoms with Crippen molar-refractivity contribution in [2.75, 3.05) is 13.2 Å². The molecule has 0 radical (unpaired) electrons. The van der Waals surface area contributed by atoms with Gasteiger partial charge in [-0.3, -0.25) is 0 Å². The van der Waals surface area contributed by atoms with Crippen molar-refractivity contribution in [3.63, 3.8) is 0 Å². The molecule has 0 aromatic heterocycles. The van der Waals surface area contributed by atoms with Crippen LogP contribution in [0.5, 0.6) is 0 Å². The molecule has 2 nitrogen and oxygen atoms in total. The first-order valence-electron chi connectivity index (χ1n) is 7.45. The van der Waals surface area contributed by atoms with E-state index in [0.717, 1.165) is 6.08 Å². The molecule has 168 valence electrons. The lowest BCUT2D eigenvalue weighted by atomic mass is 9.93. The van der Waals surface area contributed by atoms with E-state index in [1.165, 1.54) is 0 Å². The lowest BCUT2D eigenvalue weighted by Crippen LogP contribution is -2.64. The van der Waals surface area contributed by atoms with Gasteiger partial charge in [-0.15, -0.1) is 6.58 Å². The third kappa shape index (κ3) is 5.24. The minimum Gasteiger partial charge on any atom is -0.396 e. The second-order valence-electron chi connectivity index (χ2n) is 5.71. The van der Waals surface area contributed by atoms with E-state index in [0.29, 0.717) is 0 Å². The van der Waals surface area contributed by atoms with Gasteiger partial charge in [-0.25, -0.2) is 0 Å². The molecule has 0 atom stereocenters. The molecule has 28 heavy (non-hydrogen) atoms. The first-order chi connectivity index (χ1) is 12.3. The first kappa shape index (κ1) is 26.8. The summed E-state index contributed by atoms with van der Waals surface area (Å²) in [5, 5.41) is 8.29. The van der Waals surface area contributed by atoms with Gasteiger partial charge >= 0.3 is 35.7 Å². The monoisotopic (exact) mass is 444 g/mol. The Morgan fingerprint density at radius 2 is 1.25 bits per heavy atom. The Morgan fingerprint density at radius 1 is 0.750 bits per heavy atom. The van der Waals surface area contributed by atoms with Crippen molar-refractivity contribution >= 4 is 0 Å². The second-order valence-corrected chi connectivity index (χ2v) is 5.71. The Balaban J connectivity index is 5.74. The Labute approximate surface area is 151 Å². The fraction of sp³-hybridized carbons (Fsp3) is 0.857. The Hall–Kier alpha value is -1.18. The average molecular weight is 444 g/mol. The molecule has 0 aliphatic carbocycles. The van der Waals surface area contributed by atoms with E-state index in [1.54, 1.807) is 0 Å². The van der Waals surface area contributed by atoms with E-state index < -0.39 is 74.6 Å². The van der Waals surface area contributed by atoms with Crippen molar-refractivity contribution in [3.8, 4) is 0 Å². The molecule has 0 amide bonds. The highest BCUT2D eigenvalue weighted by atomic mass is 19.4. The maximum Gasteiger partial charge on any atom is 0.426 e. The molecule has 0 aromatic rings. The van der Waals surface area contributed by atoms with Crippen LogP contribution in [0.3, 0.4) is 0 Å². The molecule has 0 heterocycles. The lowest BCUT2D eigenvalue weighted by Gasteiger charge is -2.38. The lowest BCUT2D eigenvalue weighted by molar-refractivity contribution is -0.432. The zero-order valence-corrected chi connectivity index (χ0v) is 13.9. The van der Waals surface area contributed by atoms with Crippen LogP contribution in [-0.2, 0) is 4.74 Å². The average Bonchev–Trinajstić information content (AvgIpc) is 2.51. The molecule has 0 aliphatic rings. The summed E-state index contributed by atoms with van der Waals surface area (Å²) in [6.07, 6.45) is -12.9. The van der Waals surface area contributed by atoms with E-state index in [-0.39, 0.29) is 0 Å².